The predicted molar refractivity (Wildman–Crippen MR) is 84.8 cm³/mol. The third-order valence-corrected chi connectivity index (χ3v) is 4.41. The Morgan fingerprint density at radius 3 is 2.25 bits per heavy atom. The molecule has 1 unspecified atom stereocenters. The molecule has 2 aromatic carbocycles. The molecule has 0 bridgehead atoms. The molecule has 0 heterocycles. The fourth-order valence-corrected chi connectivity index (χ4v) is 3.20. The van der Waals surface area contributed by atoms with Crippen molar-refractivity contribution in [3.8, 4) is 0 Å². The Morgan fingerprint density at radius 2 is 1.60 bits per heavy atom. The van der Waals surface area contributed by atoms with Crippen molar-refractivity contribution in [1.29, 1.82) is 0 Å². The van der Waals surface area contributed by atoms with Gasteiger partial charge in [-0.1, -0.05) is 61.5 Å². The lowest BCUT2D eigenvalue weighted by atomic mass is 9.80. The van der Waals surface area contributed by atoms with Crippen molar-refractivity contribution >= 4 is 0 Å². The molecule has 0 aromatic heterocycles. The van der Waals surface area contributed by atoms with Gasteiger partial charge < -0.3 is 5.32 Å². The fraction of sp³-hybridized carbons (Fsp3) is 0.368. The van der Waals surface area contributed by atoms with Crippen molar-refractivity contribution in [2.75, 3.05) is 0 Å². The first-order chi connectivity index (χ1) is 9.74. The Balaban J connectivity index is 1.89. The molecule has 104 valence electrons. The zero-order valence-corrected chi connectivity index (χ0v) is 12.3. The lowest BCUT2D eigenvalue weighted by molar-refractivity contribution is 0.230. The van der Waals surface area contributed by atoms with Gasteiger partial charge in [-0.2, -0.15) is 0 Å². The van der Waals surface area contributed by atoms with Crippen molar-refractivity contribution in [3.63, 3.8) is 0 Å². The van der Waals surface area contributed by atoms with Crippen LogP contribution >= 0.6 is 0 Å². The highest BCUT2D eigenvalue weighted by atomic mass is 15.0. The lowest BCUT2D eigenvalue weighted by Gasteiger charge is -2.37. The number of benzene rings is 2. The van der Waals surface area contributed by atoms with Crippen LogP contribution < -0.4 is 5.32 Å². The van der Waals surface area contributed by atoms with E-state index in [-0.39, 0.29) is 0 Å². The molecular weight excluding hydrogens is 242 g/mol. The van der Waals surface area contributed by atoms with Crippen LogP contribution in [-0.2, 0) is 0 Å². The van der Waals surface area contributed by atoms with Gasteiger partial charge in [0.1, 0.15) is 0 Å². The van der Waals surface area contributed by atoms with E-state index >= 15 is 0 Å². The highest BCUT2D eigenvalue weighted by Crippen LogP contribution is 2.32. The normalized spacial score (nSPS) is 23.1. The van der Waals surface area contributed by atoms with Gasteiger partial charge in [0.25, 0.3) is 0 Å². The third-order valence-electron chi connectivity index (χ3n) is 4.41. The van der Waals surface area contributed by atoms with Gasteiger partial charge in [-0.3, -0.25) is 0 Å². The number of aryl methyl sites for hydroxylation is 1. The summed E-state index contributed by atoms with van der Waals surface area (Å²) in [6.07, 6.45) is 2.60. The molecule has 1 aliphatic carbocycles. The van der Waals surface area contributed by atoms with E-state index < -0.39 is 0 Å². The van der Waals surface area contributed by atoms with E-state index in [1.165, 1.54) is 29.5 Å². The van der Waals surface area contributed by atoms with Gasteiger partial charge in [0.05, 0.1) is 6.04 Å². The van der Waals surface area contributed by atoms with E-state index in [4.69, 9.17) is 0 Å². The summed E-state index contributed by atoms with van der Waals surface area (Å²) in [6, 6.07) is 20.5. The van der Waals surface area contributed by atoms with Gasteiger partial charge in [0, 0.05) is 6.04 Å². The molecule has 20 heavy (non-hydrogen) atoms. The first-order valence-corrected chi connectivity index (χ1v) is 7.60. The highest BCUT2D eigenvalue weighted by molar-refractivity contribution is 5.36. The summed E-state index contributed by atoms with van der Waals surface area (Å²) in [5.41, 5.74) is 4.13. The monoisotopic (exact) mass is 265 g/mol. The summed E-state index contributed by atoms with van der Waals surface area (Å²) < 4.78 is 0. The molecule has 1 saturated carbocycles. The second-order valence-corrected chi connectivity index (χ2v) is 6.14. The van der Waals surface area contributed by atoms with E-state index in [1.807, 2.05) is 0 Å². The fourth-order valence-electron chi connectivity index (χ4n) is 3.20. The van der Waals surface area contributed by atoms with Crippen molar-refractivity contribution in [2.24, 2.45) is 5.92 Å². The second-order valence-electron chi connectivity index (χ2n) is 6.14. The average molecular weight is 265 g/mol. The maximum absolute atomic E-state index is 3.86. The average Bonchev–Trinajstić information content (AvgIpc) is 2.44. The quantitative estimate of drug-likeness (QED) is 0.860. The molecule has 0 aliphatic heterocycles. The van der Waals surface area contributed by atoms with Crippen LogP contribution in [0.3, 0.4) is 0 Å². The number of hydrogen-bond donors (Lipinski definition) is 1. The smallest absolute Gasteiger partial charge is 0.0581 e. The van der Waals surface area contributed by atoms with Crippen LogP contribution in [0.5, 0.6) is 0 Å². The number of nitrogens with one attached hydrogen (secondary N) is 1. The van der Waals surface area contributed by atoms with E-state index in [0.717, 1.165) is 5.92 Å². The molecule has 0 saturated heterocycles. The summed E-state index contributed by atoms with van der Waals surface area (Å²) in [7, 11) is 0. The molecule has 1 nitrogen and oxygen atoms in total. The van der Waals surface area contributed by atoms with Crippen molar-refractivity contribution in [2.45, 2.75) is 38.8 Å². The molecule has 1 atom stereocenters. The Hall–Kier alpha value is -1.60. The molecule has 0 radical (unpaired) electrons. The predicted octanol–water partition coefficient (Wildman–Crippen LogP) is 4.47. The minimum absolute atomic E-state index is 0.315. The Kier molecular flexibility index (Phi) is 3.88. The first kappa shape index (κ1) is 13.4. The number of rotatable bonds is 4. The van der Waals surface area contributed by atoms with Crippen LogP contribution in [0, 0.1) is 12.8 Å². The van der Waals surface area contributed by atoms with E-state index in [2.05, 4.69) is 73.8 Å². The summed E-state index contributed by atoms with van der Waals surface area (Å²) in [5, 5.41) is 3.86. The summed E-state index contributed by atoms with van der Waals surface area (Å²) in [6.45, 7) is 4.54. The van der Waals surface area contributed by atoms with Crippen LogP contribution in [0.25, 0.3) is 0 Å². The lowest BCUT2D eigenvalue weighted by Crippen LogP contribution is -2.42. The summed E-state index contributed by atoms with van der Waals surface area (Å²) in [5.74, 6) is 0.876. The Morgan fingerprint density at radius 1 is 0.950 bits per heavy atom. The topological polar surface area (TPSA) is 12.0 Å². The maximum Gasteiger partial charge on any atom is 0.0581 e. The van der Waals surface area contributed by atoms with Gasteiger partial charge in [-0.15, -0.1) is 0 Å². The Bertz CT molecular complexity index is 555. The van der Waals surface area contributed by atoms with Crippen LogP contribution in [-0.4, -0.2) is 6.04 Å². The Labute approximate surface area is 122 Å². The van der Waals surface area contributed by atoms with Gasteiger partial charge in [0.2, 0.25) is 0 Å². The molecule has 1 heteroatoms. The van der Waals surface area contributed by atoms with Crippen molar-refractivity contribution < 1.29 is 0 Å². The molecule has 1 N–H and O–H groups in total. The van der Waals surface area contributed by atoms with E-state index in [1.54, 1.807) is 0 Å². The first-order valence-electron chi connectivity index (χ1n) is 7.60. The molecule has 3 rings (SSSR count). The van der Waals surface area contributed by atoms with E-state index in [9.17, 15) is 0 Å². The van der Waals surface area contributed by atoms with Crippen molar-refractivity contribution in [1.82, 2.24) is 5.32 Å². The summed E-state index contributed by atoms with van der Waals surface area (Å²) >= 11 is 0. The zero-order chi connectivity index (χ0) is 13.9. The summed E-state index contributed by atoms with van der Waals surface area (Å²) in [4.78, 5) is 0. The molecule has 0 amide bonds. The van der Waals surface area contributed by atoms with Gasteiger partial charge in [-0.25, -0.2) is 0 Å². The molecule has 1 fully saturated rings. The molecule has 0 spiro atoms. The van der Waals surface area contributed by atoms with Gasteiger partial charge >= 0.3 is 0 Å². The maximum atomic E-state index is 3.86. The van der Waals surface area contributed by atoms with Crippen LogP contribution in [0.4, 0.5) is 0 Å². The highest BCUT2D eigenvalue weighted by Gasteiger charge is 2.28. The standard InChI is InChI=1S/C19H23N/c1-14-12-17(13-14)20-19(16-9-4-3-5-10-16)18-11-7-6-8-15(18)2/h3-11,14,17,19-20H,12-13H2,1-2H3. The number of hydrogen-bond acceptors (Lipinski definition) is 1. The van der Waals surface area contributed by atoms with E-state index in [0.29, 0.717) is 12.1 Å². The van der Waals surface area contributed by atoms with Gasteiger partial charge in [0.15, 0.2) is 0 Å². The SMILES string of the molecule is Cc1ccccc1C(NC1CC(C)C1)c1ccccc1. The van der Waals surface area contributed by atoms with Crippen molar-refractivity contribution in [3.05, 3.63) is 71.3 Å². The second kappa shape index (κ2) is 5.80. The minimum atomic E-state index is 0.315. The molecule has 1 aliphatic rings. The van der Waals surface area contributed by atoms with Crippen LogP contribution in [0.1, 0.15) is 42.5 Å². The molecular formula is C19H23N. The largest absolute Gasteiger partial charge is 0.303 e. The molecule has 2 aromatic rings. The zero-order valence-electron chi connectivity index (χ0n) is 12.3. The third kappa shape index (κ3) is 2.78. The van der Waals surface area contributed by atoms with Crippen LogP contribution in [0.2, 0.25) is 0 Å². The van der Waals surface area contributed by atoms with Gasteiger partial charge in [-0.05, 0) is 42.4 Å². The van der Waals surface area contributed by atoms with Crippen LogP contribution in [0.15, 0.2) is 54.6 Å². The minimum Gasteiger partial charge on any atom is -0.303 e.